The van der Waals surface area contributed by atoms with Crippen LogP contribution in [-0.2, 0) is 0 Å². The van der Waals surface area contributed by atoms with E-state index in [0.717, 1.165) is 0 Å². The summed E-state index contributed by atoms with van der Waals surface area (Å²) in [6.07, 6.45) is 28.7. The van der Waals surface area contributed by atoms with Crippen molar-refractivity contribution >= 4 is 0 Å². The van der Waals surface area contributed by atoms with E-state index in [1.165, 1.54) is 135 Å². The van der Waals surface area contributed by atoms with Gasteiger partial charge in [0.1, 0.15) is 0 Å². The lowest BCUT2D eigenvalue weighted by Crippen LogP contribution is -2.48. The third-order valence-corrected chi connectivity index (χ3v) is 14.0. The van der Waals surface area contributed by atoms with Crippen molar-refractivity contribution in [2.75, 3.05) is 0 Å². The molecule has 0 rings (SSSR count). The quantitative estimate of drug-likeness (QED) is 0.0907. The molecule has 0 radical (unpaired) electrons. The number of rotatable bonds is 25. The second kappa shape index (κ2) is 21.7. The van der Waals surface area contributed by atoms with E-state index in [0.29, 0.717) is 32.5 Å². The summed E-state index contributed by atoms with van der Waals surface area (Å²) in [5, 5.41) is 0. The van der Waals surface area contributed by atoms with Gasteiger partial charge >= 0.3 is 0 Å². The first-order valence-electron chi connectivity index (χ1n) is 20.0. The van der Waals surface area contributed by atoms with Gasteiger partial charge in [0.25, 0.3) is 0 Å². The highest BCUT2D eigenvalue weighted by Gasteiger charge is 2.52. The first kappa shape index (κ1) is 45.1. The van der Waals surface area contributed by atoms with E-state index in [4.69, 9.17) is 0 Å². The van der Waals surface area contributed by atoms with Crippen molar-refractivity contribution in [2.24, 2.45) is 32.5 Å². The molecule has 0 saturated carbocycles. The standard InChI is InChI=1S/C22H46.C21H44/c1-9-13-16-19-22(8,20(5,6)17-14-10-2)21(7,12-4)18-15-11-3;1-9-13-16-19(5,6)21(8,18-15-11-3)20(7,12-4)17-14-10-2/h9-19H2,1-8H3;9-18H2,1-8H3. The van der Waals surface area contributed by atoms with E-state index in [-0.39, 0.29) is 0 Å². The van der Waals surface area contributed by atoms with Crippen molar-refractivity contribution in [3.8, 4) is 0 Å². The first-order valence-corrected chi connectivity index (χ1v) is 20.0. The van der Waals surface area contributed by atoms with Gasteiger partial charge in [-0.2, -0.15) is 0 Å². The van der Waals surface area contributed by atoms with Gasteiger partial charge in [-0.1, -0.05) is 207 Å². The molecular weight excluding hydrogens is 516 g/mol. The van der Waals surface area contributed by atoms with Crippen molar-refractivity contribution in [1.82, 2.24) is 0 Å². The molecule has 0 aromatic carbocycles. The molecule has 0 heterocycles. The Morgan fingerprint density at radius 1 is 0.279 bits per heavy atom. The fourth-order valence-electron chi connectivity index (χ4n) is 8.78. The zero-order chi connectivity index (χ0) is 33.8. The Kier molecular flexibility index (Phi) is 22.8. The van der Waals surface area contributed by atoms with Crippen LogP contribution in [0.4, 0.5) is 0 Å². The fourth-order valence-corrected chi connectivity index (χ4v) is 8.78. The molecule has 0 aliphatic heterocycles. The van der Waals surface area contributed by atoms with Crippen LogP contribution in [0.3, 0.4) is 0 Å². The molecule has 0 spiro atoms. The van der Waals surface area contributed by atoms with E-state index in [9.17, 15) is 0 Å². The highest BCUT2D eigenvalue weighted by atomic mass is 14.6. The van der Waals surface area contributed by atoms with Gasteiger partial charge in [0, 0.05) is 0 Å². The Morgan fingerprint density at radius 3 is 0.814 bits per heavy atom. The molecule has 262 valence electrons. The van der Waals surface area contributed by atoms with Crippen LogP contribution in [0.2, 0.25) is 0 Å². The molecule has 0 bridgehead atoms. The second-order valence-corrected chi connectivity index (χ2v) is 17.2. The van der Waals surface area contributed by atoms with Crippen molar-refractivity contribution in [3.63, 3.8) is 0 Å². The van der Waals surface area contributed by atoms with Crippen molar-refractivity contribution in [1.29, 1.82) is 0 Å². The molecule has 4 atom stereocenters. The summed E-state index contributed by atoms with van der Waals surface area (Å²) >= 11 is 0. The van der Waals surface area contributed by atoms with Crippen LogP contribution in [0.1, 0.15) is 246 Å². The average Bonchev–Trinajstić information content (AvgIpc) is 2.99. The van der Waals surface area contributed by atoms with E-state index in [1.807, 2.05) is 0 Å². The molecule has 43 heavy (non-hydrogen) atoms. The normalized spacial score (nSPS) is 18.1. The fraction of sp³-hybridized carbons (Fsp3) is 1.00. The number of hydrogen-bond acceptors (Lipinski definition) is 0. The van der Waals surface area contributed by atoms with Gasteiger partial charge in [-0.3, -0.25) is 0 Å². The topological polar surface area (TPSA) is 0 Å². The largest absolute Gasteiger partial charge is 0.0654 e. The third kappa shape index (κ3) is 12.6. The van der Waals surface area contributed by atoms with Crippen molar-refractivity contribution in [2.45, 2.75) is 246 Å². The molecule has 0 aliphatic rings. The average molecular weight is 607 g/mol. The molecule has 0 aromatic heterocycles. The lowest BCUT2D eigenvalue weighted by molar-refractivity contribution is -0.0712. The SMILES string of the molecule is CCCCC(C)(C)C(C)(CCCC)C(C)(CC)CCCC.CCCCCC(C)(C(C)(C)CCCC)C(C)(CC)CCCC. The van der Waals surface area contributed by atoms with Gasteiger partial charge in [-0.05, 0) is 71.0 Å². The molecule has 0 amide bonds. The Hall–Kier alpha value is 0. The summed E-state index contributed by atoms with van der Waals surface area (Å²) in [7, 11) is 0. The number of hydrogen-bond donors (Lipinski definition) is 0. The maximum atomic E-state index is 2.64. The van der Waals surface area contributed by atoms with E-state index < -0.39 is 0 Å². The zero-order valence-electron chi connectivity index (χ0n) is 33.8. The summed E-state index contributed by atoms with van der Waals surface area (Å²) in [6, 6.07) is 0. The predicted molar refractivity (Wildman–Crippen MR) is 202 cm³/mol. The van der Waals surface area contributed by atoms with E-state index >= 15 is 0 Å². The molecule has 0 fully saturated rings. The molecule has 0 nitrogen and oxygen atoms in total. The van der Waals surface area contributed by atoms with Gasteiger partial charge < -0.3 is 0 Å². The van der Waals surface area contributed by atoms with Gasteiger partial charge in [0.2, 0.25) is 0 Å². The minimum atomic E-state index is 0.440. The van der Waals surface area contributed by atoms with Crippen LogP contribution in [0.25, 0.3) is 0 Å². The van der Waals surface area contributed by atoms with Gasteiger partial charge in [0.05, 0.1) is 0 Å². The highest BCUT2D eigenvalue weighted by molar-refractivity contribution is 5.01. The van der Waals surface area contributed by atoms with Crippen LogP contribution >= 0.6 is 0 Å². The predicted octanol–water partition coefficient (Wildman–Crippen LogP) is 16.4. The molecule has 0 N–H and O–H groups in total. The first-order chi connectivity index (χ1) is 20.0. The maximum absolute atomic E-state index is 2.64. The molecule has 0 aromatic rings. The lowest BCUT2D eigenvalue weighted by Gasteiger charge is -2.57. The number of unbranched alkanes of at least 4 members (excludes halogenated alkanes) is 7. The third-order valence-electron chi connectivity index (χ3n) is 14.0. The van der Waals surface area contributed by atoms with Crippen LogP contribution in [0, 0.1) is 32.5 Å². The van der Waals surface area contributed by atoms with Crippen molar-refractivity contribution in [3.05, 3.63) is 0 Å². The Bertz CT molecular complexity index is 657. The Morgan fingerprint density at radius 2 is 0.535 bits per heavy atom. The molecule has 0 aliphatic carbocycles. The van der Waals surface area contributed by atoms with Crippen LogP contribution in [0.15, 0.2) is 0 Å². The van der Waals surface area contributed by atoms with Crippen LogP contribution in [-0.4, -0.2) is 0 Å². The maximum Gasteiger partial charge on any atom is -0.0221 e. The second-order valence-electron chi connectivity index (χ2n) is 17.2. The smallest absolute Gasteiger partial charge is 0.0221 e. The highest BCUT2D eigenvalue weighted by Crippen LogP contribution is 2.61. The lowest BCUT2D eigenvalue weighted by atomic mass is 9.48. The Balaban J connectivity index is 0. The van der Waals surface area contributed by atoms with Gasteiger partial charge in [-0.15, -0.1) is 0 Å². The minimum absolute atomic E-state index is 0.440. The van der Waals surface area contributed by atoms with Gasteiger partial charge in [0.15, 0.2) is 0 Å². The zero-order valence-corrected chi connectivity index (χ0v) is 33.8. The van der Waals surface area contributed by atoms with Gasteiger partial charge in [-0.25, -0.2) is 0 Å². The molecule has 0 saturated heterocycles. The van der Waals surface area contributed by atoms with Crippen molar-refractivity contribution < 1.29 is 0 Å². The molecule has 4 unspecified atom stereocenters. The monoisotopic (exact) mass is 607 g/mol. The molecule has 0 heteroatoms. The summed E-state index contributed by atoms with van der Waals surface area (Å²) < 4.78 is 0. The van der Waals surface area contributed by atoms with Crippen LogP contribution in [0.5, 0.6) is 0 Å². The van der Waals surface area contributed by atoms with E-state index in [2.05, 4.69) is 111 Å². The molecular formula is C43H90. The van der Waals surface area contributed by atoms with Crippen LogP contribution < -0.4 is 0 Å². The summed E-state index contributed by atoms with van der Waals surface area (Å²) in [4.78, 5) is 0. The summed E-state index contributed by atoms with van der Waals surface area (Å²) in [5.74, 6) is 0. The minimum Gasteiger partial charge on any atom is -0.0654 e. The summed E-state index contributed by atoms with van der Waals surface area (Å²) in [6.45, 7) is 39.6. The Labute approximate surface area is 277 Å². The van der Waals surface area contributed by atoms with E-state index in [1.54, 1.807) is 0 Å². The summed E-state index contributed by atoms with van der Waals surface area (Å²) in [5.41, 5.74) is 2.75.